The summed E-state index contributed by atoms with van der Waals surface area (Å²) in [4.78, 5) is 6.88. The van der Waals surface area contributed by atoms with E-state index in [1.54, 1.807) is 7.11 Å². The molecule has 0 saturated carbocycles. The van der Waals surface area contributed by atoms with Crippen LogP contribution in [0.25, 0.3) is 0 Å². The molecule has 0 N–H and O–H groups in total. The Labute approximate surface area is 114 Å². The van der Waals surface area contributed by atoms with Crippen molar-refractivity contribution in [1.29, 1.82) is 0 Å². The van der Waals surface area contributed by atoms with Crippen LogP contribution < -0.4 is 4.90 Å². The van der Waals surface area contributed by atoms with Crippen LogP contribution in [-0.2, 0) is 10.6 Å². The Morgan fingerprint density at radius 3 is 2.94 bits per heavy atom. The zero-order valence-corrected chi connectivity index (χ0v) is 12.1. The van der Waals surface area contributed by atoms with E-state index in [0.717, 1.165) is 37.3 Å². The molecule has 1 atom stereocenters. The molecule has 2 rings (SSSR count). The third-order valence-electron chi connectivity index (χ3n) is 3.71. The van der Waals surface area contributed by atoms with Crippen LogP contribution in [0.4, 0.5) is 5.82 Å². The molecule has 1 aromatic heterocycles. The van der Waals surface area contributed by atoms with Crippen LogP contribution in [0.2, 0.25) is 0 Å². The minimum Gasteiger partial charge on any atom is -0.377 e. The van der Waals surface area contributed by atoms with Gasteiger partial charge in [0.15, 0.2) is 0 Å². The lowest BCUT2D eigenvalue weighted by Crippen LogP contribution is -2.48. The summed E-state index contributed by atoms with van der Waals surface area (Å²) in [6.07, 6.45) is 4.12. The Kier molecular flexibility index (Phi) is 4.13. The summed E-state index contributed by atoms with van der Waals surface area (Å²) in [5.74, 6) is 1.58. The zero-order chi connectivity index (χ0) is 13.2. The van der Waals surface area contributed by atoms with Crippen LogP contribution in [0.15, 0.2) is 12.3 Å². The molecule has 4 heteroatoms. The van der Waals surface area contributed by atoms with Gasteiger partial charge in [0, 0.05) is 32.3 Å². The number of anilines is 1. The van der Waals surface area contributed by atoms with Crippen molar-refractivity contribution in [3.05, 3.63) is 23.4 Å². The highest BCUT2D eigenvalue weighted by atomic mass is 35.5. The fourth-order valence-electron chi connectivity index (χ4n) is 2.58. The number of rotatable bonds is 3. The lowest BCUT2D eigenvalue weighted by atomic mass is 9.94. The second-order valence-electron chi connectivity index (χ2n) is 5.30. The molecule has 0 bridgehead atoms. The van der Waals surface area contributed by atoms with Crippen molar-refractivity contribution in [2.75, 3.05) is 25.1 Å². The van der Waals surface area contributed by atoms with Gasteiger partial charge in [-0.1, -0.05) is 0 Å². The van der Waals surface area contributed by atoms with E-state index in [0.29, 0.717) is 5.88 Å². The molecule has 0 aliphatic carbocycles. The number of aryl methyl sites for hydroxylation is 1. The van der Waals surface area contributed by atoms with Crippen LogP contribution in [-0.4, -0.2) is 30.8 Å². The van der Waals surface area contributed by atoms with Gasteiger partial charge in [0.2, 0.25) is 0 Å². The molecule has 0 aromatic carbocycles. The van der Waals surface area contributed by atoms with Gasteiger partial charge in [0.05, 0.1) is 5.60 Å². The van der Waals surface area contributed by atoms with E-state index in [4.69, 9.17) is 16.3 Å². The van der Waals surface area contributed by atoms with E-state index in [2.05, 4.69) is 29.8 Å². The van der Waals surface area contributed by atoms with Crippen LogP contribution in [0.3, 0.4) is 0 Å². The van der Waals surface area contributed by atoms with Gasteiger partial charge in [-0.2, -0.15) is 0 Å². The number of piperidine rings is 1. The van der Waals surface area contributed by atoms with Crippen molar-refractivity contribution >= 4 is 17.4 Å². The van der Waals surface area contributed by atoms with Gasteiger partial charge in [-0.15, -0.1) is 11.6 Å². The summed E-state index contributed by atoms with van der Waals surface area (Å²) in [6, 6.07) is 2.12. The van der Waals surface area contributed by atoms with E-state index in [-0.39, 0.29) is 5.60 Å². The molecule has 1 fully saturated rings. The van der Waals surface area contributed by atoms with Crippen LogP contribution in [0, 0.1) is 6.92 Å². The summed E-state index contributed by atoms with van der Waals surface area (Å²) < 4.78 is 5.62. The second kappa shape index (κ2) is 5.45. The van der Waals surface area contributed by atoms with Crippen molar-refractivity contribution in [3.63, 3.8) is 0 Å². The molecule has 3 nitrogen and oxygen atoms in total. The Hall–Kier alpha value is -0.800. The van der Waals surface area contributed by atoms with Gasteiger partial charge < -0.3 is 9.64 Å². The maximum atomic E-state index is 5.83. The molecular weight excluding hydrogens is 248 g/mol. The topological polar surface area (TPSA) is 25.4 Å². The first kappa shape index (κ1) is 13.6. The molecular formula is C14H21ClN2O. The molecule has 0 amide bonds. The molecule has 1 aromatic rings. The predicted octanol–water partition coefficient (Wildman–Crippen LogP) is 3.13. The van der Waals surface area contributed by atoms with E-state index < -0.39 is 0 Å². The number of methoxy groups -OCH3 is 1. The smallest absolute Gasteiger partial charge is 0.131 e. The number of nitrogens with zero attached hydrogens (tertiary/aromatic N) is 2. The summed E-state index contributed by atoms with van der Waals surface area (Å²) in [7, 11) is 1.79. The number of ether oxygens (including phenoxy) is 1. The molecule has 1 saturated heterocycles. The SMILES string of the molecule is COC1(C)CCCN(c2ncc(CCl)cc2C)C1. The fraction of sp³-hybridized carbons (Fsp3) is 0.643. The average Bonchev–Trinajstić information content (AvgIpc) is 2.38. The minimum absolute atomic E-state index is 0.0580. The van der Waals surface area contributed by atoms with Crippen molar-refractivity contribution in [1.82, 2.24) is 4.98 Å². The van der Waals surface area contributed by atoms with Gasteiger partial charge in [0.1, 0.15) is 5.82 Å². The van der Waals surface area contributed by atoms with E-state index in [1.165, 1.54) is 5.56 Å². The maximum absolute atomic E-state index is 5.83. The van der Waals surface area contributed by atoms with E-state index in [1.807, 2.05) is 6.20 Å². The van der Waals surface area contributed by atoms with Crippen LogP contribution in [0.5, 0.6) is 0 Å². The van der Waals surface area contributed by atoms with Gasteiger partial charge in [-0.25, -0.2) is 4.98 Å². The predicted molar refractivity (Wildman–Crippen MR) is 75.4 cm³/mol. The highest BCUT2D eigenvalue weighted by Gasteiger charge is 2.31. The molecule has 100 valence electrons. The van der Waals surface area contributed by atoms with Crippen LogP contribution >= 0.6 is 11.6 Å². The summed E-state index contributed by atoms with van der Waals surface area (Å²) in [5.41, 5.74) is 2.20. The normalized spacial score (nSPS) is 24.3. The van der Waals surface area contributed by atoms with Crippen LogP contribution in [0.1, 0.15) is 30.9 Å². The number of aromatic nitrogens is 1. The summed E-state index contributed by atoms with van der Waals surface area (Å²) in [6.45, 7) is 6.21. The third kappa shape index (κ3) is 2.78. The molecule has 1 aliphatic rings. The largest absolute Gasteiger partial charge is 0.377 e. The third-order valence-corrected chi connectivity index (χ3v) is 4.02. The van der Waals surface area contributed by atoms with Crippen molar-refractivity contribution in [2.24, 2.45) is 0 Å². The molecule has 0 radical (unpaired) electrons. The van der Waals surface area contributed by atoms with Gasteiger partial charge in [0.25, 0.3) is 0 Å². The highest BCUT2D eigenvalue weighted by Crippen LogP contribution is 2.28. The van der Waals surface area contributed by atoms with Gasteiger partial charge in [-0.3, -0.25) is 0 Å². The Bertz CT molecular complexity index is 424. The lowest BCUT2D eigenvalue weighted by Gasteiger charge is -2.40. The number of hydrogen-bond donors (Lipinski definition) is 0. The standard InChI is InChI=1S/C14H21ClN2O/c1-11-7-12(8-15)9-16-13(11)17-6-4-5-14(2,10-17)18-3/h7,9H,4-6,8,10H2,1-3H3. The summed E-state index contributed by atoms with van der Waals surface area (Å²) in [5, 5.41) is 0. The maximum Gasteiger partial charge on any atom is 0.131 e. The lowest BCUT2D eigenvalue weighted by molar-refractivity contribution is -0.00483. The van der Waals surface area contributed by atoms with Gasteiger partial charge >= 0.3 is 0 Å². The van der Waals surface area contributed by atoms with Crippen molar-refractivity contribution in [2.45, 2.75) is 38.2 Å². The van der Waals surface area contributed by atoms with Gasteiger partial charge in [-0.05, 0) is 43.9 Å². The van der Waals surface area contributed by atoms with Crippen molar-refractivity contribution in [3.8, 4) is 0 Å². The van der Waals surface area contributed by atoms with Crippen molar-refractivity contribution < 1.29 is 4.74 Å². The number of pyridine rings is 1. The van der Waals surface area contributed by atoms with E-state index in [9.17, 15) is 0 Å². The number of halogens is 1. The number of alkyl halides is 1. The Balaban J connectivity index is 2.21. The Morgan fingerprint density at radius 2 is 2.33 bits per heavy atom. The first-order chi connectivity index (χ1) is 8.58. The molecule has 0 spiro atoms. The monoisotopic (exact) mass is 268 g/mol. The second-order valence-corrected chi connectivity index (χ2v) is 5.56. The average molecular weight is 269 g/mol. The first-order valence-corrected chi connectivity index (χ1v) is 6.93. The molecule has 1 aliphatic heterocycles. The summed E-state index contributed by atoms with van der Waals surface area (Å²) >= 11 is 5.83. The number of hydrogen-bond acceptors (Lipinski definition) is 3. The minimum atomic E-state index is -0.0580. The fourth-order valence-corrected chi connectivity index (χ4v) is 2.73. The van der Waals surface area contributed by atoms with E-state index >= 15 is 0 Å². The Morgan fingerprint density at radius 1 is 1.56 bits per heavy atom. The molecule has 18 heavy (non-hydrogen) atoms. The molecule has 1 unspecified atom stereocenters. The quantitative estimate of drug-likeness (QED) is 0.788. The zero-order valence-electron chi connectivity index (χ0n) is 11.4. The highest BCUT2D eigenvalue weighted by molar-refractivity contribution is 6.17. The molecule has 2 heterocycles. The first-order valence-electron chi connectivity index (χ1n) is 6.39.